The van der Waals surface area contributed by atoms with Gasteiger partial charge in [-0.15, -0.1) is 11.6 Å². The van der Waals surface area contributed by atoms with E-state index in [2.05, 4.69) is 4.99 Å². The summed E-state index contributed by atoms with van der Waals surface area (Å²) in [6.45, 7) is 0.210. The number of carbonyl (C=O) groups excluding carboxylic acids is 2. The summed E-state index contributed by atoms with van der Waals surface area (Å²) in [4.78, 5) is 29.6. The lowest BCUT2D eigenvalue weighted by atomic mass is 10.1. The smallest absolute Gasteiger partial charge is 0.417 e. The second-order valence-corrected chi connectivity index (χ2v) is 6.18. The number of alkyl halides is 1. The molecule has 1 unspecified atom stereocenters. The maximum Gasteiger partial charge on any atom is 0.417 e. The van der Waals surface area contributed by atoms with Crippen LogP contribution >= 0.6 is 11.6 Å². The van der Waals surface area contributed by atoms with Crippen molar-refractivity contribution < 1.29 is 14.3 Å². The van der Waals surface area contributed by atoms with Gasteiger partial charge in [0, 0.05) is 12.3 Å². The number of benzene rings is 1. The summed E-state index contributed by atoms with van der Waals surface area (Å²) in [7, 11) is 0. The minimum Gasteiger partial charge on any atom is -0.447 e. The highest BCUT2D eigenvalue weighted by Crippen LogP contribution is 2.18. The van der Waals surface area contributed by atoms with Gasteiger partial charge in [-0.1, -0.05) is 36.4 Å². The molecule has 5 nitrogen and oxygen atoms in total. The monoisotopic (exact) mass is 344 g/mol. The molecule has 2 atom stereocenters. The van der Waals surface area contributed by atoms with E-state index in [4.69, 9.17) is 16.3 Å². The third kappa shape index (κ3) is 3.92. The zero-order valence-electron chi connectivity index (χ0n) is 13.0. The average molecular weight is 345 g/mol. The lowest BCUT2D eigenvalue weighted by Crippen LogP contribution is -2.39. The topological polar surface area (TPSA) is 59.0 Å². The molecule has 0 bridgehead atoms. The molecule has 124 valence electrons. The first-order valence-corrected chi connectivity index (χ1v) is 8.17. The fourth-order valence-electron chi connectivity index (χ4n) is 2.63. The number of carbonyl (C=O) groups is 2. The zero-order valence-corrected chi connectivity index (χ0v) is 13.7. The number of aliphatic imine (C=N–C) groups is 1. The number of allylic oxidation sites excluding steroid dienone is 2. The highest BCUT2D eigenvalue weighted by molar-refractivity contribution is 6.28. The third-order valence-corrected chi connectivity index (χ3v) is 4.14. The van der Waals surface area contributed by atoms with Gasteiger partial charge in [-0.05, 0) is 24.5 Å². The van der Waals surface area contributed by atoms with Gasteiger partial charge < -0.3 is 4.74 Å². The first kappa shape index (κ1) is 16.5. The summed E-state index contributed by atoms with van der Waals surface area (Å²) in [6.07, 6.45) is 7.06. The number of halogens is 1. The van der Waals surface area contributed by atoms with Crippen LogP contribution in [0.1, 0.15) is 12.0 Å². The van der Waals surface area contributed by atoms with Gasteiger partial charge in [-0.2, -0.15) is 0 Å². The van der Waals surface area contributed by atoms with E-state index in [-0.39, 0.29) is 18.0 Å². The summed E-state index contributed by atoms with van der Waals surface area (Å²) in [5.74, 6) is -0.400. The molecule has 24 heavy (non-hydrogen) atoms. The van der Waals surface area contributed by atoms with Crippen LogP contribution in [0.15, 0.2) is 59.2 Å². The van der Waals surface area contributed by atoms with Crippen molar-refractivity contribution >= 4 is 29.8 Å². The van der Waals surface area contributed by atoms with Crippen molar-refractivity contribution in [2.75, 3.05) is 6.61 Å². The van der Waals surface area contributed by atoms with Crippen LogP contribution in [0.3, 0.4) is 0 Å². The van der Waals surface area contributed by atoms with Crippen molar-refractivity contribution in [2.24, 2.45) is 4.99 Å². The van der Waals surface area contributed by atoms with E-state index in [1.54, 1.807) is 12.3 Å². The van der Waals surface area contributed by atoms with Crippen LogP contribution in [0, 0.1) is 0 Å². The summed E-state index contributed by atoms with van der Waals surface area (Å²) < 4.78 is 5.05. The maximum absolute atomic E-state index is 12.4. The van der Waals surface area contributed by atoms with E-state index in [0.717, 1.165) is 5.56 Å². The highest BCUT2D eigenvalue weighted by atomic mass is 35.5. The molecule has 3 rings (SSSR count). The molecular weight excluding hydrogens is 328 g/mol. The number of amides is 2. The molecule has 0 aromatic heterocycles. The number of rotatable bonds is 4. The van der Waals surface area contributed by atoms with Gasteiger partial charge in [0.05, 0.1) is 17.1 Å². The number of imide groups is 1. The Bertz CT molecular complexity index is 712. The lowest BCUT2D eigenvalue weighted by Gasteiger charge is -2.18. The molecule has 0 radical (unpaired) electrons. The molecule has 1 fully saturated rings. The van der Waals surface area contributed by atoms with Crippen LogP contribution < -0.4 is 0 Å². The number of cyclic esters (lactones) is 1. The van der Waals surface area contributed by atoms with Gasteiger partial charge in [0.1, 0.15) is 6.61 Å². The minimum absolute atomic E-state index is 0.110. The van der Waals surface area contributed by atoms with Gasteiger partial charge in [0.15, 0.2) is 0 Å². The SMILES string of the molecule is O=C(/C=C/C1=CCC(Cl)C=N1)N1C(=O)OC[C@@H]1Cc1ccccc1. The van der Waals surface area contributed by atoms with Crippen molar-refractivity contribution in [2.45, 2.75) is 24.3 Å². The Morgan fingerprint density at radius 2 is 2.17 bits per heavy atom. The van der Waals surface area contributed by atoms with E-state index in [9.17, 15) is 9.59 Å². The number of hydrogen-bond donors (Lipinski definition) is 0. The molecule has 6 heteroatoms. The van der Waals surface area contributed by atoms with Gasteiger partial charge >= 0.3 is 6.09 Å². The Kier molecular flexibility index (Phi) is 5.11. The van der Waals surface area contributed by atoms with E-state index in [1.807, 2.05) is 36.4 Å². The van der Waals surface area contributed by atoms with Gasteiger partial charge in [0.2, 0.25) is 0 Å². The standard InChI is InChI=1S/C18H17ClN2O3/c19-14-6-7-15(20-11-14)8-9-17(22)21-16(12-24-18(21)23)10-13-4-2-1-3-5-13/h1-5,7-9,11,14,16H,6,10,12H2/b9-8+/t14?,16-/m0/s1. The molecule has 1 saturated heterocycles. The van der Waals surface area contributed by atoms with Crippen LogP contribution in [0.2, 0.25) is 0 Å². The van der Waals surface area contributed by atoms with Crippen molar-refractivity contribution in [3.8, 4) is 0 Å². The van der Waals surface area contributed by atoms with Crippen LogP contribution in [0.25, 0.3) is 0 Å². The third-order valence-electron chi connectivity index (χ3n) is 3.85. The second kappa shape index (κ2) is 7.45. The Morgan fingerprint density at radius 1 is 1.38 bits per heavy atom. The van der Waals surface area contributed by atoms with Gasteiger partial charge in [0.25, 0.3) is 5.91 Å². The first-order valence-electron chi connectivity index (χ1n) is 7.74. The normalized spacial score (nSPS) is 23.5. The second-order valence-electron chi connectivity index (χ2n) is 5.62. The van der Waals surface area contributed by atoms with Gasteiger partial charge in [-0.3, -0.25) is 9.79 Å². The Balaban J connectivity index is 1.67. The van der Waals surface area contributed by atoms with Crippen LogP contribution in [-0.2, 0) is 16.0 Å². The minimum atomic E-state index is -0.604. The molecule has 0 saturated carbocycles. The Hall–Kier alpha value is -2.40. The first-order chi connectivity index (χ1) is 11.6. The highest BCUT2D eigenvalue weighted by Gasteiger charge is 2.36. The summed E-state index contributed by atoms with van der Waals surface area (Å²) in [6, 6.07) is 9.41. The Morgan fingerprint density at radius 3 is 2.88 bits per heavy atom. The van der Waals surface area contributed by atoms with Crippen LogP contribution in [0.4, 0.5) is 4.79 Å². The summed E-state index contributed by atoms with van der Waals surface area (Å²) >= 11 is 5.91. The maximum atomic E-state index is 12.4. The fraction of sp³-hybridized carbons (Fsp3) is 0.278. The molecule has 1 aromatic carbocycles. The van der Waals surface area contributed by atoms with Gasteiger partial charge in [-0.25, -0.2) is 9.69 Å². The number of nitrogens with zero attached hydrogens (tertiary/aromatic N) is 2. The predicted molar refractivity (Wildman–Crippen MR) is 92.1 cm³/mol. The summed E-state index contributed by atoms with van der Waals surface area (Å²) in [5.41, 5.74) is 1.71. The number of hydrogen-bond acceptors (Lipinski definition) is 4. The number of ether oxygens (including phenoxy) is 1. The molecular formula is C18H17ClN2O3. The fourth-order valence-corrected chi connectivity index (χ4v) is 2.77. The molecule has 1 aromatic rings. The molecule has 0 spiro atoms. The van der Waals surface area contributed by atoms with Crippen molar-refractivity contribution in [3.05, 3.63) is 59.8 Å². The predicted octanol–water partition coefficient (Wildman–Crippen LogP) is 3.10. The molecule has 2 heterocycles. The molecule has 2 aliphatic rings. The van der Waals surface area contributed by atoms with E-state index in [0.29, 0.717) is 18.5 Å². The molecule has 2 amide bonds. The lowest BCUT2D eigenvalue weighted by molar-refractivity contribution is -0.124. The van der Waals surface area contributed by atoms with Crippen molar-refractivity contribution in [1.82, 2.24) is 4.90 Å². The summed E-state index contributed by atoms with van der Waals surface area (Å²) in [5, 5.41) is -0.110. The molecule has 0 aliphatic carbocycles. The van der Waals surface area contributed by atoms with E-state index >= 15 is 0 Å². The van der Waals surface area contributed by atoms with Crippen LogP contribution in [-0.4, -0.2) is 41.1 Å². The van der Waals surface area contributed by atoms with Crippen LogP contribution in [0.5, 0.6) is 0 Å². The van der Waals surface area contributed by atoms with E-state index in [1.165, 1.54) is 11.0 Å². The quantitative estimate of drug-likeness (QED) is 0.623. The zero-order chi connectivity index (χ0) is 16.9. The van der Waals surface area contributed by atoms with E-state index < -0.39 is 12.0 Å². The average Bonchev–Trinajstić information content (AvgIpc) is 2.95. The van der Waals surface area contributed by atoms with Crippen molar-refractivity contribution in [1.29, 1.82) is 0 Å². The largest absolute Gasteiger partial charge is 0.447 e. The van der Waals surface area contributed by atoms with Crippen molar-refractivity contribution in [3.63, 3.8) is 0 Å². The Labute approximate surface area is 145 Å². The molecule has 0 N–H and O–H groups in total. The molecule has 2 aliphatic heterocycles.